The first-order valence-corrected chi connectivity index (χ1v) is 11.7. The Labute approximate surface area is 197 Å². The summed E-state index contributed by atoms with van der Waals surface area (Å²) in [4.78, 5) is 16.4. The first-order chi connectivity index (χ1) is 16.1. The third-order valence-corrected chi connectivity index (χ3v) is 6.25. The fourth-order valence-corrected chi connectivity index (χ4v) is 4.12. The van der Waals surface area contributed by atoms with Crippen LogP contribution in [-0.2, 0) is 23.6 Å². The molecule has 33 heavy (non-hydrogen) atoms. The molecule has 1 aromatic heterocycles. The standard InChI is InChI=1S/C27H25NO4S/c1-19-25(28-27(32-19)22-5-3-2-4-6-22)17-31-23-12-7-21(8-13-23)18-33-24-14-9-20(10-15-24)11-16-26(29)30/h2-10,12-15H,11,16-18H2,1H3,(H,29,30). The van der Waals surface area contributed by atoms with E-state index in [0.29, 0.717) is 18.9 Å². The number of hydrogen-bond donors (Lipinski definition) is 1. The molecule has 6 heteroatoms. The van der Waals surface area contributed by atoms with Gasteiger partial charge in [-0.3, -0.25) is 4.79 Å². The highest BCUT2D eigenvalue weighted by Crippen LogP contribution is 2.26. The van der Waals surface area contributed by atoms with Gasteiger partial charge in [0.15, 0.2) is 0 Å². The van der Waals surface area contributed by atoms with E-state index in [0.717, 1.165) is 39.0 Å². The van der Waals surface area contributed by atoms with Crippen molar-refractivity contribution in [2.75, 3.05) is 0 Å². The van der Waals surface area contributed by atoms with E-state index in [1.165, 1.54) is 5.56 Å². The molecule has 0 aliphatic carbocycles. The number of aliphatic carboxylic acids is 1. The van der Waals surface area contributed by atoms with Gasteiger partial charge in [-0.25, -0.2) is 4.98 Å². The average Bonchev–Trinajstić information content (AvgIpc) is 3.22. The lowest BCUT2D eigenvalue weighted by Gasteiger charge is -2.07. The topological polar surface area (TPSA) is 72.6 Å². The Morgan fingerprint density at radius 3 is 2.36 bits per heavy atom. The summed E-state index contributed by atoms with van der Waals surface area (Å²) in [7, 11) is 0. The van der Waals surface area contributed by atoms with E-state index >= 15 is 0 Å². The van der Waals surface area contributed by atoms with E-state index in [1.807, 2.05) is 73.7 Å². The summed E-state index contributed by atoms with van der Waals surface area (Å²) in [6.07, 6.45) is 0.717. The summed E-state index contributed by atoms with van der Waals surface area (Å²) in [5.74, 6) is 2.23. The molecule has 0 aliphatic heterocycles. The molecule has 0 saturated carbocycles. The smallest absolute Gasteiger partial charge is 0.303 e. The number of rotatable bonds is 10. The van der Waals surface area contributed by atoms with Crippen molar-refractivity contribution in [2.45, 2.75) is 37.0 Å². The normalized spacial score (nSPS) is 10.8. The summed E-state index contributed by atoms with van der Waals surface area (Å²) in [5.41, 5.74) is 3.98. The molecule has 0 fully saturated rings. The number of aromatic nitrogens is 1. The molecule has 0 saturated heterocycles. The molecule has 3 aromatic carbocycles. The second-order valence-electron chi connectivity index (χ2n) is 7.65. The lowest BCUT2D eigenvalue weighted by atomic mass is 10.1. The zero-order chi connectivity index (χ0) is 23.0. The van der Waals surface area contributed by atoms with Gasteiger partial charge in [0.2, 0.25) is 5.89 Å². The van der Waals surface area contributed by atoms with Crippen molar-refractivity contribution < 1.29 is 19.1 Å². The van der Waals surface area contributed by atoms with E-state index < -0.39 is 5.97 Å². The number of thioether (sulfide) groups is 1. The number of aryl methyl sites for hydroxylation is 2. The number of oxazole rings is 1. The fourth-order valence-electron chi connectivity index (χ4n) is 3.27. The van der Waals surface area contributed by atoms with Crippen LogP contribution in [0.3, 0.4) is 0 Å². The molecule has 4 aromatic rings. The average molecular weight is 460 g/mol. The number of carboxylic acid groups (broad SMARTS) is 1. The highest BCUT2D eigenvalue weighted by atomic mass is 32.2. The molecule has 0 atom stereocenters. The number of carbonyl (C=O) groups is 1. The number of hydrogen-bond acceptors (Lipinski definition) is 5. The molecule has 1 N–H and O–H groups in total. The van der Waals surface area contributed by atoms with Gasteiger partial charge in [0.1, 0.15) is 23.8 Å². The largest absolute Gasteiger partial charge is 0.487 e. The molecule has 0 unspecified atom stereocenters. The first kappa shape index (κ1) is 22.7. The monoisotopic (exact) mass is 459 g/mol. The van der Waals surface area contributed by atoms with Crippen LogP contribution < -0.4 is 4.74 Å². The molecule has 0 amide bonds. The van der Waals surface area contributed by atoms with Gasteiger partial charge in [-0.15, -0.1) is 11.8 Å². The van der Waals surface area contributed by atoms with E-state index in [2.05, 4.69) is 17.1 Å². The molecule has 1 heterocycles. The van der Waals surface area contributed by atoms with E-state index in [-0.39, 0.29) is 6.42 Å². The number of carboxylic acids is 1. The second-order valence-corrected chi connectivity index (χ2v) is 8.70. The number of ether oxygens (including phenoxy) is 1. The van der Waals surface area contributed by atoms with Crippen molar-refractivity contribution in [3.63, 3.8) is 0 Å². The van der Waals surface area contributed by atoms with Crippen LogP contribution in [0.2, 0.25) is 0 Å². The maximum atomic E-state index is 10.7. The Bertz CT molecular complexity index is 1190. The maximum Gasteiger partial charge on any atom is 0.303 e. The predicted molar refractivity (Wildman–Crippen MR) is 129 cm³/mol. The third kappa shape index (κ3) is 6.49. The van der Waals surface area contributed by atoms with Gasteiger partial charge in [-0.2, -0.15) is 0 Å². The van der Waals surface area contributed by atoms with Crippen molar-refractivity contribution in [3.05, 3.63) is 101 Å². The Hall–Kier alpha value is -3.51. The van der Waals surface area contributed by atoms with Crippen molar-refractivity contribution in [2.24, 2.45) is 0 Å². The molecule has 0 spiro atoms. The van der Waals surface area contributed by atoms with E-state index in [4.69, 9.17) is 14.3 Å². The molecule has 0 bridgehead atoms. The van der Waals surface area contributed by atoms with E-state index in [9.17, 15) is 4.79 Å². The summed E-state index contributed by atoms with van der Waals surface area (Å²) in [6.45, 7) is 2.25. The van der Waals surface area contributed by atoms with Crippen LogP contribution in [0, 0.1) is 6.92 Å². The number of benzene rings is 3. The van der Waals surface area contributed by atoms with Gasteiger partial charge in [-0.05, 0) is 60.9 Å². The lowest BCUT2D eigenvalue weighted by molar-refractivity contribution is -0.136. The van der Waals surface area contributed by atoms with Crippen LogP contribution in [0.4, 0.5) is 0 Å². The molecule has 5 nitrogen and oxygen atoms in total. The minimum atomic E-state index is -0.769. The summed E-state index contributed by atoms with van der Waals surface area (Å²) < 4.78 is 11.7. The second kappa shape index (κ2) is 10.9. The predicted octanol–water partition coefficient (Wildman–Crippen LogP) is 6.54. The Morgan fingerprint density at radius 1 is 0.970 bits per heavy atom. The summed E-state index contributed by atoms with van der Waals surface area (Å²) >= 11 is 1.75. The van der Waals surface area contributed by atoms with Crippen molar-refractivity contribution in [1.29, 1.82) is 0 Å². The van der Waals surface area contributed by atoms with Gasteiger partial charge >= 0.3 is 5.97 Å². The lowest BCUT2D eigenvalue weighted by Crippen LogP contribution is -1.97. The first-order valence-electron chi connectivity index (χ1n) is 10.7. The highest BCUT2D eigenvalue weighted by Gasteiger charge is 2.12. The zero-order valence-electron chi connectivity index (χ0n) is 18.4. The van der Waals surface area contributed by atoms with Gasteiger partial charge < -0.3 is 14.3 Å². The highest BCUT2D eigenvalue weighted by molar-refractivity contribution is 7.98. The Kier molecular flexibility index (Phi) is 7.47. The summed E-state index contributed by atoms with van der Waals surface area (Å²) in [5, 5.41) is 8.79. The van der Waals surface area contributed by atoms with Crippen molar-refractivity contribution in [3.8, 4) is 17.2 Å². The zero-order valence-corrected chi connectivity index (χ0v) is 19.2. The molecule has 0 aliphatic rings. The van der Waals surface area contributed by atoms with E-state index in [1.54, 1.807) is 11.8 Å². The number of nitrogens with zero attached hydrogens (tertiary/aromatic N) is 1. The quantitative estimate of drug-likeness (QED) is 0.272. The molecule has 4 rings (SSSR count). The minimum Gasteiger partial charge on any atom is -0.487 e. The maximum absolute atomic E-state index is 10.7. The molecule has 0 radical (unpaired) electrons. The van der Waals surface area contributed by atoms with Crippen LogP contribution in [0.15, 0.2) is 88.2 Å². The Morgan fingerprint density at radius 2 is 1.67 bits per heavy atom. The van der Waals surface area contributed by atoms with Crippen LogP contribution in [-0.4, -0.2) is 16.1 Å². The molecule has 168 valence electrons. The van der Waals surface area contributed by atoms with Crippen LogP contribution in [0.5, 0.6) is 5.75 Å². The summed E-state index contributed by atoms with van der Waals surface area (Å²) in [6, 6.07) is 26.0. The minimum absolute atomic E-state index is 0.158. The fraction of sp³-hybridized carbons (Fsp3) is 0.185. The molecular weight excluding hydrogens is 434 g/mol. The third-order valence-electron chi connectivity index (χ3n) is 5.17. The van der Waals surface area contributed by atoms with Crippen molar-refractivity contribution in [1.82, 2.24) is 4.98 Å². The van der Waals surface area contributed by atoms with Crippen LogP contribution in [0.1, 0.15) is 29.0 Å². The molecular formula is C27H25NO4S. The SMILES string of the molecule is Cc1oc(-c2ccccc2)nc1COc1ccc(CSc2ccc(CCC(=O)O)cc2)cc1. The van der Waals surface area contributed by atoms with Gasteiger partial charge in [-0.1, -0.05) is 42.5 Å². The van der Waals surface area contributed by atoms with Gasteiger partial charge in [0.05, 0.1) is 0 Å². The van der Waals surface area contributed by atoms with Gasteiger partial charge in [0.25, 0.3) is 0 Å². The van der Waals surface area contributed by atoms with Crippen LogP contribution >= 0.6 is 11.8 Å². The van der Waals surface area contributed by atoms with Crippen molar-refractivity contribution >= 4 is 17.7 Å². The van der Waals surface area contributed by atoms with Gasteiger partial charge in [0, 0.05) is 22.6 Å². The Balaban J connectivity index is 1.27. The van der Waals surface area contributed by atoms with Crippen LogP contribution in [0.25, 0.3) is 11.5 Å².